The summed E-state index contributed by atoms with van der Waals surface area (Å²) in [7, 11) is 4.94. The number of likely N-dealkylation sites (N-methyl/N-ethyl adjacent to an activating group) is 3. The second kappa shape index (κ2) is 15.1. The third-order valence-corrected chi connectivity index (χ3v) is 5.41. The lowest BCUT2D eigenvalue weighted by atomic mass is 10.3. The Labute approximate surface area is 181 Å². The zero-order valence-electron chi connectivity index (χ0n) is 19.2. The Hall–Kier alpha value is -1.75. The molecular formula is C20H41N7O3. The average Bonchev–Trinajstić information content (AvgIpc) is 2.74. The van der Waals surface area contributed by atoms with E-state index in [4.69, 9.17) is 0 Å². The topological polar surface area (TPSA) is 100 Å². The zero-order valence-corrected chi connectivity index (χ0v) is 19.2. The van der Waals surface area contributed by atoms with Gasteiger partial charge in [0.15, 0.2) is 0 Å². The molecule has 1 saturated heterocycles. The van der Waals surface area contributed by atoms with Gasteiger partial charge in [-0.3, -0.25) is 29.1 Å². The van der Waals surface area contributed by atoms with Crippen molar-refractivity contribution in [1.82, 2.24) is 35.6 Å². The van der Waals surface area contributed by atoms with Crippen molar-refractivity contribution in [2.45, 2.75) is 13.3 Å². The van der Waals surface area contributed by atoms with E-state index in [9.17, 15) is 14.4 Å². The van der Waals surface area contributed by atoms with Gasteiger partial charge in [0.05, 0.1) is 19.6 Å². The summed E-state index contributed by atoms with van der Waals surface area (Å²) in [6.45, 7) is 10.3. The fraction of sp³-hybridized carbons (Fsp3) is 0.850. The highest BCUT2D eigenvalue weighted by atomic mass is 16.2. The molecule has 3 amide bonds. The van der Waals surface area contributed by atoms with Crippen LogP contribution in [0.5, 0.6) is 0 Å². The number of nitrogens with one attached hydrogen (secondary N) is 3. The quantitative estimate of drug-likeness (QED) is 0.406. The summed E-state index contributed by atoms with van der Waals surface area (Å²) in [5.41, 5.74) is 0. The summed E-state index contributed by atoms with van der Waals surface area (Å²) in [5, 5.41) is 8.08. The van der Waals surface area contributed by atoms with E-state index in [1.165, 1.54) is 0 Å². The maximum absolute atomic E-state index is 12.0. The zero-order chi connectivity index (χ0) is 22.4. The van der Waals surface area contributed by atoms with Crippen molar-refractivity contribution in [2.75, 3.05) is 99.7 Å². The molecule has 0 aliphatic carbocycles. The van der Waals surface area contributed by atoms with Crippen molar-refractivity contribution in [1.29, 1.82) is 0 Å². The van der Waals surface area contributed by atoms with E-state index in [0.717, 1.165) is 39.1 Å². The molecule has 10 heteroatoms. The standard InChI is InChI=1S/C20H41N7O3/c1-5-6-24-7-9-25(15-18(28)21-2)11-13-27(17-20(30)23-4)14-12-26(10-8-24)16-19(29)22-3/h5-17H2,1-4H3,(H,21,28)(H,22,29)(H,23,30). The van der Waals surface area contributed by atoms with E-state index >= 15 is 0 Å². The van der Waals surface area contributed by atoms with Gasteiger partial charge in [-0.05, 0) is 13.0 Å². The smallest absolute Gasteiger partial charge is 0.233 e. The van der Waals surface area contributed by atoms with Gasteiger partial charge < -0.3 is 20.9 Å². The molecule has 1 aliphatic heterocycles. The van der Waals surface area contributed by atoms with Crippen LogP contribution in [-0.4, -0.2) is 137 Å². The molecule has 0 saturated carbocycles. The van der Waals surface area contributed by atoms with Crippen LogP contribution in [0.15, 0.2) is 0 Å². The monoisotopic (exact) mass is 427 g/mol. The van der Waals surface area contributed by atoms with Gasteiger partial charge in [0.1, 0.15) is 0 Å². The lowest BCUT2D eigenvalue weighted by molar-refractivity contribution is -0.123. The Morgan fingerprint density at radius 3 is 1.07 bits per heavy atom. The molecule has 0 radical (unpaired) electrons. The predicted molar refractivity (Wildman–Crippen MR) is 118 cm³/mol. The summed E-state index contributed by atoms with van der Waals surface area (Å²) in [6.07, 6.45) is 1.06. The van der Waals surface area contributed by atoms with Gasteiger partial charge in [-0.15, -0.1) is 0 Å². The highest BCUT2D eigenvalue weighted by Crippen LogP contribution is 2.02. The lowest BCUT2D eigenvalue weighted by Crippen LogP contribution is -2.50. The SMILES string of the molecule is CCCN1CCN(CC(=O)NC)CCN(CC(=O)NC)CCN(CC(=O)NC)CC1. The first-order chi connectivity index (χ1) is 14.4. The molecule has 0 unspecified atom stereocenters. The van der Waals surface area contributed by atoms with Gasteiger partial charge in [-0.1, -0.05) is 6.92 Å². The molecule has 0 aromatic heterocycles. The van der Waals surface area contributed by atoms with Crippen LogP contribution in [0.2, 0.25) is 0 Å². The van der Waals surface area contributed by atoms with E-state index in [1.54, 1.807) is 21.1 Å². The minimum Gasteiger partial charge on any atom is -0.358 e. The third-order valence-electron chi connectivity index (χ3n) is 5.41. The van der Waals surface area contributed by atoms with Gasteiger partial charge in [-0.25, -0.2) is 0 Å². The van der Waals surface area contributed by atoms with Crippen LogP contribution in [0.4, 0.5) is 0 Å². The Balaban J connectivity index is 2.91. The molecule has 174 valence electrons. The first-order valence-electron chi connectivity index (χ1n) is 10.9. The number of amides is 3. The Morgan fingerprint density at radius 1 is 0.567 bits per heavy atom. The number of hydrogen-bond acceptors (Lipinski definition) is 7. The van der Waals surface area contributed by atoms with Crippen LogP contribution in [0.1, 0.15) is 13.3 Å². The van der Waals surface area contributed by atoms with Crippen LogP contribution in [0.25, 0.3) is 0 Å². The van der Waals surface area contributed by atoms with Crippen molar-refractivity contribution in [3.8, 4) is 0 Å². The van der Waals surface area contributed by atoms with Crippen LogP contribution in [-0.2, 0) is 14.4 Å². The molecule has 0 bridgehead atoms. The van der Waals surface area contributed by atoms with Crippen molar-refractivity contribution in [2.24, 2.45) is 0 Å². The summed E-state index contributed by atoms with van der Waals surface area (Å²) < 4.78 is 0. The Morgan fingerprint density at radius 2 is 0.833 bits per heavy atom. The average molecular weight is 428 g/mol. The fourth-order valence-electron chi connectivity index (χ4n) is 3.44. The molecule has 1 aliphatic rings. The van der Waals surface area contributed by atoms with Crippen molar-refractivity contribution in [3.05, 3.63) is 0 Å². The summed E-state index contributed by atoms with van der Waals surface area (Å²) in [4.78, 5) is 44.7. The van der Waals surface area contributed by atoms with Crippen molar-refractivity contribution >= 4 is 17.7 Å². The van der Waals surface area contributed by atoms with Crippen LogP contribution < -0.4 is 16.0 Å². The van der Waals surface area contributed by atoms with Crippen LogP contribution >= 0.6 is 0 Å². The molecule has 30 heavy (non-hydrogen) atoms. The first-order valence-corrected chi connectivity index (χ1v) is 10.9. The second-order valence-electron chi connectivity index (χ2n) is 7.69. The van der Waals surface area contributed by atoms with Crippen LogP contribution in [0.3, 0.4) is 0 Å². The number of carbonyl (C=O) groups excluding carboxylic acids is 3. The van der Waals surface area contributed by atoms with E-state index in [2.05, 4.69) is 42.5 Å². The predicted octanol–water partition coefficient (Wildman–Crippen LogP) is -2.14. The number of hydrogen-bond donors (Lipinski definition) is 3. The molecule has 1 heterocycles. The maximum atomic E-state index is 12.0. The molecule has 1 rings (SSSR count). The molecule has 10 nitrogen and oxygen atoms in total. The Bertz CT molecular complexity index is 499. The molecule has 0 atom stereocenters. The molecule has 3 N–H and O–H groups in total. The van der Waals surface area contributed by atoms with Gasteiger partial charge in [0.2, 0.25) is 17.7 Å². The van der Waals surface area contributed by atoms with Crippen LogP contribution in [0, 0.1) is 0 Å². The minimum atomic E-state index is -0.0353. The number of carbonyl (C=O) groups is 3. The fourth-order valence-corrected chi connectivity index (χ4v) is 3.44. The lowest BCUT2D eigenvalue weighted by Gasteiger charge is -2.33. The van der Waals surface area contributed by atoms with E-state index in [-0.39, 0.29) is 17.7 Å². The molecule has 0 aromatic carbocycles. The van der Waals surface area contributed by atoms with E-state index in [1.807, 2.05) is 0 Å². The molecule has 1 fully saturated rings. The minimum absolute atomic E-state index is 0.00117. The largest absolute Gasteiger partial charge is 0.358 e. The van der Waals surface area contributed by atoms with Gasteiger partial charge >= 0.3 is 0 Å². The van der Waals surface area contributed by atoms with Gasteiger partial charge in [-0.2, -0.15) is 0 Å². The summed E-state index contributed by atoms with van der Waals surface area (Å²) in [5.74, 6) is -0.0376. The number of nitrogens with zero attached hydrogens (tertiary/aromatic N) is 4. The van der Waals surface area contributed by atoms with E-state index < -0.39 is 0 Å². The van der Waals surface area contributed by atoms with E-state index in [0.29, 0.717) is 45.8 Å². The molecular weight excluding hydrogens is 386 g/mol. The van der Waals surface area contributed by atoms with Crippen molar-refractivity contribution in [3.63, 3.8) is 0 Å². The van der Waals surface area contributed by atoms with Gasteiger partial charge in [0.25, 0.3) is 0 Å². The van der Waals surface area contributed by atoms with Crippen molar-refractivity contribution < 1.29 is 14.4 Å². The molecule has 0 spiro atoms. The first kappa shape index (κ1) is 26.3. The molecule has 0 aromatic rings. The second-order valence-corrected chi connectivity index (χ2v) is 7.69. The summed E-state index contributed by atoms with van der Waals surface area (Å²) in [6, 6.07) is 0. The number of rotatable bonds is 8. The normalized spacial score (nSPS) is 18.8. The highest BCUT2D eigenvalue weighted by molar-refractivity contribution is 5.78. The van der Waals surface area contributed by atoms with Gasteiger partial charge in [0, 0.05) is 73.5 Å². The Kier molecular flexibility index (Phi) is 13.2. The maximum Gasteiger partial charge on any atom is 0.233 e. The third kappa shape index (κ3) is 10.9. The highest BCUT2D eigenvalue weighted by Gasteiger charge is 2.19. The summed E-state index contributed by atoms with van der Waals surface area (Å²) >= 11 is 0.